The van der Waals surface area contributed by atoms with E-state index < -0.39 is 0 Å². The van der Waals surface area contributed by atoms with Crippen molar-refractivity contribution in [1.82, 2.24) is 4.98 Å². The van der Waals surface area contributed by atoms with E-state index in [1.807, 2.05) is 5.38 Å². The molecule has 2 rings (SSSR count). The van der Waals surface area contributed by atoms with E-state index in [0.717, 1.165) is 17.1 Å². The Morgan fingerprint density at radius 1 is 1.37 bits per heavy atom. The molecule has 0 fully saturated rings. The van der Waals surface area contributed by atoms with Crippen molar-refractivity contribution >= 4 is 11.3 Å². The molecule has 1 aromatic heterocycles. The molecule has 1 aromatic carbocycles. The first kappa shape index (κ1) is 13.4. The van der Waals surface area contributed by atoms with E-state index in [9.17, 15) is 0 Å². The lowest BCUT2D eigenvalue weighted by Gasteiger charge is -2.09. The number of nitrogens with zero attached hydrogens (tertiary/aromatic N) is 2. The zero-order chi connectivity index (χ0) is 13.7. The Labute approximate surface area is 116 Å². The third-order valence-corrected chi connectivity index (χ3v) is 3.61. The summed E-state index contributed by atoms with van der Waals surface area (Å²) in [5, 5.41) is 11.9. The van der Waals surface area contributed by atoms with Gasteiger partial charge < -0.3 is 9.47 Å². The van der Waals surface area contributed by atoms with Gasteiger partial charge in [0.05, 0.1) is 29.4 Å². The van der Waals surface area contributed by atoms with Gasteiger partial charge in [-0.25, -0.2) is 4.98 Å². The number of nitriles is 1. The predicted molar refractivity (Wildman–Crippen MR) is 73.5 cm³/mol. The van der Waals surface area contributed by atoms with Crippen LogP contribution in [0.25, 0.3) is 0 Å². The molecule has 0 saturated heterocycles. The number of aromatic nitrogens is 1. The monoisotopic (exact) mass is 274 g/mol. The van der Waals surface area contributed by atoms with Crippen LogP contribution in [0.1, 0.15) is 23.2 Å². The van der Waals surface area contributed by atoms with Crippen LogP contribution in [-0.4, -0.2) is 12.1 Å². The van der Waals surface area contributed by atoms with E-state index in [1.54, 1.807) is 36.6 Å². The van der Waals surface area contributed by atoms with Gasteiger partial charge in [-0.15, -0.1) is 11.3 Å². The fraction of sp³-hybridized carbons (Fsp3) is 0.286. The molecule has 0 saturated carbocycles. The van der Waals surface area contributed by atoms with Crippen LogP contribution in [0.4, 0.5) is 0 Å². The predicted octanol–water partition coefficient (Wildman–Crippen LogP) is 3.16. The highest BCUT2D eigenvalue weighted by molar-refractivity contribution is 7.09. The fourth-order valence-corrected chi connectivity index (χ4v) is 2.32. The van der Waals surface area contributed by atoms with Crippen molar-refractivity contribution in [3.8, 4) is 17.6 Å². The van der Waals surface area contributed by atoms with Gasteiger partial charge in [0, 0.05) is 11.4 Å². The topological polar surface area (TPSA) is 55.1 Å². The van der Waals surface area contributed by atoms with Crippen molar-refractivity contribution in [2.24, 2.45) is 0 Å². The zero-order valence-electron chi connectivity index (χ0n) is 10.8. The average molecular weight is 274 g/mol. The second-order valence-corrected chi connectivity index (χ2v) is 4.79. The maximum Gasteiger partial charge on any atom is 0.162 e. The summed E-state index contributed by atoms with van der Waals surface area (Å²) in [4.78, 5) is 4.43. The molecule has 0 aliphatic heterocycles. The summed E-state index contributed by atoms with van der Waals surface area (Å²) in [6.07, 6.45) is 0.935. The Morgan fingerprint density at radius 2 is 2.21 bits per heavy atom. The zero-order valence-corrected chi connectivity index (χ0v) is 11.7. The highest BCUT2D eigenvalue weighted by atomic mass is 32.1. The molecule has 0 aliphatic rings. The second-order valence-electron chi connectivity index (χ2n) is 3.85. The highest BCUT2D eigenvalue weighted by Crippen LogP contribution is 2.28. The molecule has 0 spiro atoms. The molecule has 0 atom stereocenters. The first-order valence-electron chi connectivity index (χ1n) is 5.91. The molecular weight excluding hydrogens is 260 g/mol. The molecule has 0 N–H and O–H groups in total. The second kappa shape index (κ2) is 6.21. The summed E-state index contributed by atoms with van der Waals surface area (Å²) >= 11 is 1.64. The van der Waals surface area contributed by atoms with E-state index >= 15 is 0 Å². The normalized spacial score (nSPS) is 9.95. The third kappa shape index (κ3) is 3.24. The Balaban J connectivity index is 2.08. The molecule has 0 unspecified atom stereocenters. The number of methoxy groups -OCH3 is 1. The molecule has 0 radical (unpaired) electrons. The molecule has 0 amide bonds. The minimum absolute atomic E-state index is 0.402. The lowest BCUT2D eigenvalue weighted by Crippen LogP contribution is -1.98. The fourth-order valence-electron chi connectivity index (χ4n) is 1.59. The minimum atomic E-state index is 0.402. The lowest BCUT2D eigenvalue weighted by molar-refractivity contribution is 0.281. The summed E-state index contributed by atoms with van der Waals surface area (Å²) in [6, 6.07) is 7.17. The largest absolute Gasteiger partial charge is 0.493 e. The number of benzene rings is 1. The minimum Gasteiger partial charge on any atom is -0.493 e. The maximum atomic E-state index is 8.83. The van der Waals surface area contributed by atoms with Crippen LogP contribution in [0.15, 0.2) is 23.6 Å². The number of rotatable bonds is 5. The van der Waals surface area contributed by atoms with E-state index in [-0.39, 0.29) is 0 Å². The molecule has 1 heterocycles. The highest BCUT2D eigenvalue weighted by Gasteiger charge is 2.07. The summed E-state index contributed by atoms with van der Waals surface area (Å²) in [6.45, 7) is 2.48. The van der Waals surface area contributed by atoms with Crippen LogP contribution < -0.4 is 9.47 Å². The number of aryl methyl sites for hydroxylation is 1. The Hall–Kier alpha value is -2.06. The average Bonchev–Trinajstić information content (AvgIpc) is 2.92. The Morgan fingerprint density at radius 3 is 2.84 bits per heavy atom. The van der Waals surface area contributed by atoms with Gasteiger partial charge in [0.2, 0.25) is 0 Å². The van der Waals surface area contributed by atoms with E-state index in [0.29, 0.717) is 23.7 Å². The van der Waals surface area contributed by atoms with Crippen molar-refractivity contribution in [3.05, 3.63) is 39.8 Å². The molecule has 19 heavy (non-hydrogen) atoms. The van der Waals surface area contributed by atoms with Gasteiger partial charge in [-0.2, -0.15) is 5.26 Å². The number of hydrogen-bond donors (Lipinski definition) is 0. The smallest absolute Gasteiger partial charge is 0.162 e. The quantitative estimate of drug-likeness (QED) is 0.840. The van der Waals surface area contributed by atoms with Crippen LogP contribution in [0.3, 0.4) is 0 Å². The van der Waals surface area contributed by atoms with E-state index in [1.165, 1.54) is 0 Å². The Bertz CT molecular complexity index is 602. The molecule has 5 heteroatoms. The Kier molecular flexibility index (Phi) is 4.37. The van der Waals surface area contributed by atoms with Crippen molar-refractivity contribution in [3.63, 3.8) is 0 Å². The molecule has 0 aliphatic carbocycles. The molecule has 0 bridgehead atoms. The summed E-state index contributed by atoms with van der Waals surface area (Å²) < 4.78 is 10.9. The first-order valence-corrected chi connectivity index (χ1v) is 6.79. The van der Waals surface area contributed by atoms with Crippen molar-refractivity contribution in [2.45, 2.75) is 20.0 Å². The lowest BCUT2D eigenvalue weighted by atomic mass is 10.2. The number of ether oxygens (including phenoxy) is 2. The van der Waals surface area contributed by atoms with Crippen LogP contribution >= 0.6 is 11.3 Å². The molecule has 4 nitrogen and oxygen atoms in total. The maximum absolute atomic E-state index is 8.83. The van der Waals surface area contributed by atoms with Gasteiger partial charge in [0.25, 0.3) is 0 Å². The molecule has 2 aromatic rings. The first-order chi connectivity index (χ1) is 9.26. The summed E-state index contributed by atoms with van der Waals surface area (Å²) in [7, 11) is 1.56. The summed E-state index contributed by atoms with van der Waals surface area (Å²) in [5.74, 6) is 1.18. The van der Waals surface area contributed by atoms with Crippen LogP contribution in [0.5, 0.6) is 11.5 Å². The van der Waals surface area contributed by atoms with Crippen LogP contribution in [0, 0.1) is 11.3 Å². The molecule has 98 valence electrons. The van der Waals surface area contributed by atoms with Gasteiger partial charge in [0.1, 0.15) is 6.61 Å². The van der Waals surface area contributed by atoms with Gasteiger partial charge >= 0.3 is 0 Å². The third-order valence-electron chi connectivity index (χ3n) is 2.57. The van der Waals surface area contributed by atoms with Crippen molar-refractivity contribution < 1.29 is 9.47 Å². The van der Waals surface area contributed by atoms with Crippen LogP contribution in [-0.2, 0) is 13.0 Å². The van der Waals surface area contributed by atoms with Crippen molar-refractivity contribution in [2.75, 3.05) is 7.11 Å². The molecular formula is C14H14N2O2S. The van der Waals surface area contributed by atoms with Crippen molar-refractivity contribution in [1.29, 1.82) is 5.26 Å². The van der Waals surface area contributed by atoms with Crippen LogP contribution in [0.2, 0.25) is 0 Å². The van der Waals surface area contributed by atoms with Gasteiger partial charge in [-0.05, 0) is 18.6 Å². The SMILES string of the molecule is CCc1nc(COc2ccc(C#N)cc2OC)cs1. The van der Waals surface area contributed by atoms with E-state index in [2.05, 4.69) is 18.0 Å². The standard InChI is InChI=1S/C14H14N2O2S/c1-3-14-16-11(9-19-14)8-18-12-5-4-10(7-15)6-13(12)17-2/h4-6,9H,3,8H2,1-2H3. The number of thiazole rings is 1. The summed E-state index contributed by atoms with van der Waals surface area (Å²) in [5.41, 5.74) is 1.46. The van der Waals surface area contributed by atoms with Gasteiger partial charge in [0.15, 0.2) is 11.5 Å². The van der Waals surface area contributed by atoms with Gasteiger partial charge in [-0.3, -0.25) is 0 Å². The number of hydrogen-bond acceptors (Lipinski definition) is 5. The van der Waals surface area contributed by atoms with Gasteiger partial charge in [-0.1, -0.05) is 6.92 Å². The van der Waals surface area contributed by atoms with E-state index in [4.69, 9.17) is 14.7 Å².